The quantitative estimate of drug-likeness (QED) is 0.567. The molecule has 0 spiro atoms. The molecule has 0 N–H and O–H groups in total. The van der Waals surface area contributed by atoms with E-state index >= 15 is 0 Å². The molecule has 1 aliphatic rings. The van der Waals surface area contributed by atoms with Gasteiger partial charge >= 0.3 is 0 Å². The molecule has 1 rings (SSSR count). The Balaban J connectivity index is 2.61. The molecule has 0 bridgehead atoms. The van der Waals surface area contributed by atoms with E-state index in [1.54, 1.807) is 12.8 Å². The zero-order valence-corrected chi connectivity index (χ0v) is 10.0. The predicted molar refractivity (Wildman–Crippen MR) is 59.4 cm³/mol. The fourth-order valence-electron chi connectivity index (χ4n) is 3.15. The molecule has 0 aliphatic heterocycles. The molecule has 0 heterocycles. The maximum Gasteiger partial charge on any atom is 0.0558 e. The summed E-state index contributed by atoms with van der Waals surface area (Å²) in [6.07, 6.45) is 6.20. The molecule has 0 amide bonds. The van der Waals surface area contributed by atoms with Crippen LogP contribution >= 0.6 is 0 Å². The minimum absolute atomic E-state index is 0.784. The van der Waals surface area contributed by atoms with E-state index in [4.69, 9.17) is 0 Å². The van der Waals surface area contributed by atoms with Crippen molar-refractivity contribution in [3.8, 4) is 0 Å². The molecule has 0 saturated heterocycles. The van der Waals surface area contributed by atoms with E-state index in [1.165, 1.54) is 36.5 Å². The second-order valence-electron chi connectivity index (χ2n) is 4.40. The van der Waals surface area contributed by atoms with Crippen LogP contribution in [-0.4, -0.2) is 8.07 Å². The van der Waals surface area contributed by atoms with Crippen LogP contribution in [0.15, 0.2) is 0 Å². The largest absolute Gasteiger partial charge is 0.0678 e. The summed E-state index contributed by atoms with van der Waals surface area (Å²) in [4.78, 5) is 0. The highest BCUT2D eigenvalue weighted by Gasteiger charge is 2.37. The normalized spacial score (nSPS) is 20.2. The predicted octanol–water partition coefficient (Wildman–Crippen LogP) is 4.44. The van der Waals surface area contributed by atoms with Crippen LogP contribution in [0.25, 0.3) is 0 Å². The number of hydrogen-bond acceptors (Lipinski definition) is 0. The first-order valence-electron chi connectivity index (χ1n) is 5.79. The van der Waals surface area contributed by atoms with Gasteiger partial charge in [0.15, 0.2) is 0 Å². The highest BCUT2D eigenvalue weighted by atomic mass is 28.3. The summed E-state index contributed by atoms with van der Waals surface area (Å²) in [6, 6.07) is 4.60. The van der Waals surface area contributed by atoms with E-state index in [0.717, 1.165) is 0 Å². The lowest BCUT2D eigenvalue weighted by atomic mass is 10.4. The first-order chi connectivity index (χ1) is 5.79. The van der Waals surface area contributed by atoms with Gasteiger partial charge in [-0.15, -0.1) is 0 Å². The fraction of sp³-hybridized carbons (Fsp3) is 1.00. The Morgan fingerprint density at radius 2 is 1.33 bits per heavy atom. The van der Waals surface area contributed by atoms with Crippen LogP contribution < -0.4 is 0 Å². The summed E-state index contributed by atoms with van der Waals surface area (Å²) >= 11 is 0. The number of rotatable bonds is 4. The van der Waals surface area contributed by atoms with E-state index < -0.39 is 8.07 Å². The van der Waals surface area contributed by atoms with Gasteiger partial charge in [-0.05, 0) is 5.54 Å². The molecule has 0 radical (unpaired) electrons. The topological polar surface area (TPSA) is 0 Å². The molecule has 72 valence electrons. The van der Waals surface area contributed by atoms with Crippen molar-refractivity contribution in [3.05, 3.63) is 0 Å². The smallest absolute Gasteiger partial charge is 0.0558 e. The lowest BCUT2D eigenvalue weighted by molar-refractivity contribution is 0.807. The van der Waals surface area contributed by atoms with E-state index in [-0.39, 0.29) is 0 Å². The van der Waals surface area contributed by atoms with Crippen molar-refractivity contribution in [2.75, 3.05) is 0 Å². The van der Waals surface area contributed by atoms with Crippen LogP contribution in [0.3, 0.4) is 0 Å². The minimum Gasteiger partial charge on any atom is -0.0678 e. The van der Waals surface area contributed by atoms with Gasteiger partial charge in [0.25, 0.3) is 0 Å². The van der Waals surface area contributed by atoms with E-state index in [9.17, 15) is 0 Å². The lowest BCUT2D eigenvalue weighted by Gasteiger charge is -2.34. The average molecular weight is 184 g/mol. The summed E-state index contributed by atoms with van der Waals surface area (Å²) in [6.45, 7) is 7.33. The Kier molecular flexibility index (Phi) is 3.82. The Hall–Kier alpha value is 0.217. The van der Waals surface area contributed by atoms with E-state index in [0.29, 0.717) is 0 Å². The maximum atomic E-state index is 2.44. The summed E-state index contributed by atoms with van der Waals surface area (Å²) in [5, 5.41) is 0. The third kappa shape index (κ3) is 1.76. The number of hydrogen-bond donors (Lipinski definition) is 0. The third-order valence-electron chi connectivity index (χ3n) is 4.33. The molecule has 12 heavy (non-hydrogen) atoms. The van der Waals surface area contributed by atoms with Gasteiger partial charge in [-0.3, -0.25) is 0 Å². The van der Waals surface area contributed by atoms with Crippen LogP contribution in [0.2, 0.25) is 23.7 Å². The summed E-state index contributed by atoms with van der Waals surface area (Å²) in [7, 11) is -0.784. The van der Waals surface area contributed by atoms with Gasteiger partial charge in [0, 0.05) is 0 Å². The molecule has 0 aromatic carbocycles. The summed E-state index contributed by atoms with van der Waals surface area (Å²) in [5.41, 5.74) is 1.19. The standard InChI is InChI=1S/C11H24Si/c1-4-12(5-2,6-3)11-9-7-8-10-11/h11H,4-10H2,1-3H3. The second-order valence-corrected chi connectivity index (χ2v) is 10.1. The zero-order valence-electron chi connectivity index (χ0n) is 9.03. The van der Waals surface area contributed by atoms with Crippen molar-refractivity contribution in [2.24, 2.45) is 0 Å². The molecular weight excluding hydrogens is 160 g/mol. The van der Waals surface area contributed by atoms with Gasteiger partial charge in [-0.1, -0.05) is 64.6 Å². The summed E-state index contributed by atoms with van der Waals surface area (Å²) in [5.74, 6) is 0. The van der Waals surface area contributed by atoms with Crippen LogP contribution in [0.5, 0.6) is 0 Å². The summed E-state index contributed by atoms with van der Waals surface area (Å²) < 4.78 is 0. The maximum absolute atomic E-state index is 2.44. The van der Waals surface area contributed by atoms with Crippen molar-refractivity contribution >= 4 is 8.07 Å². The molecule has 0 aromatic heterocycles. The van der Waals surface area contributed by atoms with Crippen LogP contribution in [0.4, 0.5) is 0 Å². The third-order valence-corrected chi connectivity index (χ3v) is 10.9. The fourth-order valence-corrected chi connectivity index (χ4v) is 8.02. The van der Waals surface area contributed by atoms with E-state index in [1.807, 2.05) is 0 Å². The molecule has 0 atom stereocenters. The Morgan fingerprint density at radius 1 is 0.917 bits per heavy atom. The van der Waals surface area contributed by atoms with Crippen molar-refractivity contribution in [3.63, 3.8) is 0 Å². The van der Waals surface area contributed by atoms with Gasteiger partial charge in [0.2, 0.25) is 0 Å². The monoisotopic (exact) mass is 184 g/mol. The highest BCUT2D eigenvalue weighted by Crippen LogP contribution is 2.44. The molecule has 0 nitrogen and oxygen atoms in total. The first kappa shape index (κ1) is 10.3. The van der Waals surface area contributed by atoms with Gasteiger partial charge in [-0.25, -0.2) is 0 Å². The van der Waals surface area contributed by atoms with E-state index in [2.05, 4.69) is 20.8 Å². The van der Waals surface area contributed by atoms with Crippen molar-refractivity contribution in [1.82, 2.24) is 0 Å². The van der Waals surface area contributed by atoms with Crippen LogP contribution in [0, 0.1) is 0 Å². The Bertz CT molecular complexity index is 113. The highest BCUT2D eigenvalue weighted by molar-refractivity contribution is 6.81. The molecule has 1 fully saturated rings. The van der Waals surface area contributed by atoms with Crippen molar-refractivity contribution in [2.45, 2.75) is 70.1 Å². The zero-order chi connectivity index (χ0) is 9.03. The molecule has 1 saturated carbocycles. The minimum atomic E-state index is -0.784. The van der Waals surface area contributed by atoms with Gasteiger partial charge < -0.3 is 0 Å². The SMILES string of the molecule is CC[Si](CC)(CC)C1CCCC1. The molecular formula is C11H24Si. The molecule has 1 aliphatic carbocycles. The average Bonchev–Trinajstić information content (AvgIpc) is 2.62. The second kappa shape index (κ2) is 4.45. The van der Waals surface area contributed by atoms with Gasteiger partial charge in [0.05, 0.1) is 8.07 Å². The Labute approximate surface area is 78.8 Å². The van der Waals surface area contributed by atoms with Crippen LogP contribution in [-0.2, 0) is 0 Å². The molecule has 0 aromatic rings. The van der Waals surface area contributed by atoms with Crippen LogP contribution in [0.1, 0.15) is 46.5 Å². The molecule has 0 unspecified atom stereocenters. The van der Waals surface area contributed by atoms with Crippen molar-refractivity contribution < 1.29 is 0 Å². The van der Waals surface area contributed by atoms with Gasteiger partial charge in [0.1, 0.15) is 0 Å². The lowest BCUT2D eigenvalue weighted by Crippen LogP contribution is -2.36. The van der Waals surface area contributed by atoms with Gasteiger partial charge in [-0.2, -0.15) is 0 Å². The first-order valence-corrected chi connectivity index (χ1v) is 8.49. The Morgan fingerprint density at radius 3 is 1.67 bits per heavy atom. The molecule has 1 heteroatoms. The van der Waals surface area contributed by atoms with Crippen molar-refractivity contribution in [1.29, 1.82) is 0 Å².